The predicted octanol–water partition coefficient (Wildman–Crippen LogP) is 2.22. The van der Waals surface area contributed by atoms with Crippen LogP contribution in [0.2, 0.25) is 5.02 Å². The Morgan fingerprint density at radius 3 is 2.64 bits per heavy atom. The Kier molecular flexibility index (Phi) is 2.52. The van der Waals surface area contributed by atoms with Gasteiger partial charge in [-0.3, -0.25) is 0 Å². The van der Waals surface area contributed by atoms with Crippen LogP contribution in [0.3, 0.4) is 0 Å². The zero-order valence-corrected chi connectivity index (χ0v) is 8.12. The van der Waals surface area contributed by atoms with Gasteiger partial charge < -0.3 is 10.1 Å². The third kappa shape index (κ3) is 1.64. The van der Waals surface area contributed by atoms with Crippen molar-refractivity contribution in [3.05, 3.63) is 41.3 Å². The zero-order valence-electron chi connectivity index (χ0n) is 7.37. The van der Waals surface area contributed by atoms with Crippen molar-refractivity contribution in [1.82, 2.24) is 9.97 Å². The van der Waals surface area contributed by atoms with Crippen molar-refractivity contribution in [1.29, 1.82) is 0 Å². The Bertz CT molecular complexity index is 422. The lowest BCUT2D eigenvalue weighted by Crippen LogP contribution is -1.87. The van der Waals surface area contributed by atoms with E-state index in [1.807, 2.05) is 12.1 Å². The van der Waals surface area contributed by atoms with Crippen LogP contribution in [0.15, 0.2) is 30.6 Å². The second-order valence-electron chi connectivity index (χ2n) is 2.89. The first-order valence-electron chi connectivity index (χ1n) is 4.20. The van der Waals surface area contributed by atoms with E-state index < -0.39 is 0 Å². The fourth-order valence-electron chi connectivity index (χ4n) is 1.30. The maximum absolute atomic E-state index is 9.03. The molecule has 0 spiro atoms. The van der Waals surface area contributed by atoms with E-state index in [0.29, 0.717) is 10.7 Å². The molecule has 0 atom stereocenters. The molecule has 0 fully saturated rings. The number of nitrogens with one attached hydrogen (secondary N) is 1. The fraction of sp³-hybridized carbons (Fsp3) is 0.100. The topological polar surface area (TPSA) is 48.9 Å². The molecule has 2 rings (SSSR count). The van der Waals surface area contributed by atoms with Gasteiger partial charge in [0.15, 0.2) is 0 Å². The van der Waals surface area contributed by atoms with Gasteiger partial charge in [-0.25, -0.2) is 4.98 Å². The summed E-state index contributed by atoms with van der Waals surface area (Å²) in [6.07, 6.45) is 1.56. The monoisotopic (exact) mass is 208 g/mol. The summed E-state index contributed by atoms with van der Waals surface area (Å²) < 4.78 is 0. The Hall–Kier alpha value is -1.32. The lowest BCUT2D eigenvalue weighted by molar-refractivity contribution is 0.278. The Labute approximate surface area is 86.4 Å². The number of rotatable bonds is 2. The van der Waals surface area contributed by atoms with Crippen LogP contribution in [-0.2, 0) is 6.61 Å². The summed E-state index contributed by atoms with van der Waals surface area (Å²) in [6, 6.07) is 7.34. The fourth-order valence-corrected chi connectivity index (χ4v) is 1.42. The van der Waals surface area contributed by atoms with Crippen molar-refractivity contribution in [2.45, 2.75) is 6.61 Å². The third-order valence-corrected chi connectivity index (χ3v) is 2.25. The molecule has 14 heavy (non-hydrogen) atoms. The lowest BCUT2D eigenvalue weighted by atomic mass is 10.1. The van der Waals surface area contributed by atoms with E-state index in [4.69, 9.17) is 16.7 Å². The number of aliphatic hydroxyl groups is 1. The number of nitrogens with zero attached hydrogens (tertiary/aromatic N) is 1. The second kappa shape index (κ2) is 3.82. The van der Waals surface area contributed by atoms with Crippen molar-refractivity contribution in [3.63, 3.8) is 0 Å². The molecule has 3 nitrogen and oxygen atoms in total. The number of hydrogen-bond donors (Lipinski definition) is 2. The van der Waals surface area contributed by atoms with E-state index in [2.05, 4.69) is 9.97 Å². The van der Waals surface area contributed by atoms with Crippen molar-refractivity contribution in [3.8, 4) is 11.3 Å². The molecule has 1 heterocycles. The molecule has 72 valence electrons. The van der Waals surface area contributed by atoms with E-state index in [1.54, 1.807) is 18.5 Å². The quantitative estimate of drug-likeness (QED) is 0.795. The largest absolute Gasteiger partial charge is 0.390 e. The summed E-state index contributed by atoms with van der Waals surface area (Å²) >= 11 is 5.77. The first-order chi connectivity index (χ1) is 6.81. The van der Waals surface area contributed by atoms with E-state index in [1.165, 1.54) is 0 Å². The average molecular weight is 209 g/mol. The minimum atomic E-state index is -0.0437. The molecule has 4 heteroatoms. The first kappa shape index (κ1) is 9.24. The number of halogens is 1. The molecule has 0 bridgehead atoms. The normalized spacial score (nSPS) is 10.4. The maximum atomic E-state index is 9.03. The van der Waals surface area contributed by atoms with Gasteiger partial charge in [0.25, 0.3) is 0 Å². The molecule has 0 radical (unpaired) electrons. The zero-order chi connectivity index (χ0) is 9.97. The Morgan fingerprint density at radius 2 is 2.00 bits per heavy atom. The van der Waals surface area contributed by atoms with Crippen LogP contribution in [0, 0.1) is 0 Å². The highest BCUT2D eigenvalue weighted by Crippen LogP contribution is 2.21. The average Bonchev–Trinajstić information content (AvgIpc) is 2.67. The number of imidazole rings is 1. The molecular weight excluding hydrogens is 200 g/mol. The minimum absolute atomic E-state index is 0.0437. The van der Waals surface area contributed by atoms with E-state index in [-0.39, 0.29) is 6.61 Å². The van der Waals surface area contributed by atoms with Gasteiger partial charge >= 0.3 is 0 Å². The highest BCUT2D eigenvalue weighted by atomic mass is 35.5. The predicted molar refractivity (Wildman–Crippen MR) is 55.0 cm³/mol. The molecule has 0 aliphatic carbocycles. The van der Waals surface area contributed by atoms with Crippen LogP contribution in [0.25, 0.3) is 11.3 Å². The summed E-state index contributed by atoms with van der Waals surface area (Å²) in [7, 11) is 0. The van der Waals surface area contributed by atoms with Crippen LogP contribution in [0.1, 0.15) is 5.69 Å². The van der Waals surface area contributed by atoms with Gasteiger partial charge in [-0.1, -0.05) is 23.7 Å². The molecule has 0 aliphatic rings. The summed E-state index contributed by atoms with van der Waals surface area (Å²) in [6.45, 7) is -0.0437. The molecule has 2 N–H and O–H groups in total. The van der Waals surface area contributed by atoms with Crippen LogP contribution < -0.4 is 0 Å². The molecule has 0 saturated heterocycles. The number of aliphatic hydroxyl groups excluding tert-OH is 1. The van der Waals surface area contributed by atoms with Gasteiger partial charge in [-0.2, -0.15) is 0 Å². The van der Waals surface area contributed by atoms with Gasteiger partial charge in [0.1, 0.15) is 0 Å². The first-order valence-corrected chi connectivity index (χ1v) is 4.58. The molecule has 1 aromatic carbocycles. The smallest absolute Gasteiger partial charge is 0.0936 e. The maximum Gasteiger partial charge on any atom is 0.0936 e. The van der Waals surface area contributed by atoms with Gasteiger partial charge in [0, 0.05) is 10.6 Å². The lowest BCUT2D eigenvalue weighted by Gasteiger charge is -1.99. The van der Waals surface area contributed by atoms with Crippen LogP contribution in [0.4, 0.5) is 0 Å². The highest BCUT2D eigenvalue weighted by Gasteiger charge is 2.06. The molecule has 0 amide bonds. The third-order valence-electron chi connectivity index (χ3n) is 1.99. The van der Waals surface area contributed by atoms with Gasteiger partial charge in [0.05, 0.1) is 24.3 Å². The van der Waals surface area contributed by atoms with Crippen LogP contribution >= 0.6 is 11.6 Å². The molecule has 0 aliphatic heterocycles. The number of hydrogen-bond acceptors (Lipinski definition) is 2. The standard InChI is InChI=1S/C10H9ClN2O/c11-8-3-1-7(2-4-8)10-9(5-14)12-6-13-10/h1-4,6,14H,5H2,(H,12,13). The minimum Gasteiger partial charge on any atom is -0.390 e. The van der Waals surface area contributed by atoms with Crippen molar-refractivity contribution < 1.29 is 5.11 Å². The summed E-state index contributed by atoms with van der Waals surface area (Å²) in [5, 5.41) is 9.72. The second-order valence-corrected chi connectivity index (χ2v) is 3.33. The molecule has 1 aromatic heterocycles. The van der Waals surface area contributed by atoms with Crippen molar-refractivity contribution in [2.75, 3.05) is 0 Å². The summed E-state index contributed by atoms with van der Waals surface area (Å²) in [4.78, 5) is 7.00. The number of aromatic amines is 1. The SMILES string of the molecule is OCc1[nH]cnc1-c1ccc(Cl)cc1. The van der Waals surface area contributed by atoms with Crippen molar-refractivity contribution in [2.24, 2.45) is 0 Å². The number of aromatic nitrogens is 2. The number of benzene rings is 1. The Balaban J connectivity index is 2.44. The Morgan fingerprint density at radius 1 is 1.29 bits per heavy atom. The molecule has 0 saturated carbocycles. The summed E-state index contributed by atoms with van der Waals surface area (Å²) in [5.41, 5.74) is 2.43. The molecule has 0 unspecified atom stereocenters. The van der Waals surface area contributed by atoms with Gasteiger partial charge in [0.2, 0.25) is 0 Å². The molecular formula is C10H9ClN2O. The van der Waals surface area contributed by atoms with E-state index in [9.17, 15) is 0 Å². The van der Waals surface area contributed by atoms with Crippen LogP contribution in [0.5, 0.6) is 0 Å². The summed E-state index contributed by atoms with van der Waals surface area (Å²) in [5.74, 6) is 0. The van der Waals surface area contributed by atoms with Crippen molar-refractivity contribution >= 4 is 11.6 Å². The van der Waals surface area contributed by atoms with Crippen LogP contribution in [-0.4, -0.2) is 15.1 Å². The van der Waals surface area contributed by atoms with Gasteiger partial charge in [-0.15, -0.1) is 0 Å². The highest BCUT2D eigenvalue weighted by molar-refractivity contribution is 6.30. The van der Waals surface area contributed by atoms with E-state index >= 15 is 0 Å². The molecule has 2 aromatic rings. The van der Waals surface area contributed by atoms with E-state index in [0.717, 1.165) is 11.3 Å². The van der Waals surface area contributed by atoms with Gasteiger partial charge in [-0.05, 0) is 12.1 Å². The number of H-pyrrole nitrogens is 1.